The van der Waals surface area contributed by atoms with Crippen LogP contribution in [0.3, 0.4) is 0 Å². The van der Waals surface area contributed by atoms with Crippen molar-refractivity contribution in [3.63, 3.8) is 0 Å². The molecule has 166 valence electrons. The zero-order chi connectivity index (χ0) is 21.9. The number of likely N-dealkylation sites (tertiary alicyclic amines) is 2. The third kappa shape index (κ3) is 5.82. The molecule has 8 heteroatoms. The van der Waals surface area contributed by atoms with E-state index in [2.05, 4.69) is 17.1 Å². The van der Waals surface area contributed by atoms with Crippen molar-refractivity contribution in [1.82, 2.24) is 15.1 Å². The van der Waals surface area contributed by atoms with Gasteiger partial charge in [-0.3, -0.25) is 14.5 Å². The highest BCUT2D eigenvalue weighted by molar-refractivity contribution is 7.90. The van der Waals surface area contributed by atoms with Crippen LogP contribution in [0.5, 0.6) is 0 Å². The predicted molar refractivity (Wildman–Crippen MR) is 116 cm³/mol. The summed E-state index contributed by atoms with van der Waals surface area (Å²) < 4.78 is 23.6. The van der Waals surface area contributed by atoms with E-state index >= 15 is 0 Å². The van der Waals surface area contributed by atoms with Crippen molar-refractivity contribution < 1.29 is 18.0 Å². The third-order valence-corrected chi connectivity index (χ3v) is 7.32. The number of sulfone groups is 1. The summed E-state index contributed by atoms with van der Waals surface area (Å²) in [5.74, 6) is 0.349. The first-order valence-corrected chi connectivity index (χ1v) is 12.6. The molecule has 2 fully saturated rings. The number of hydrogen-bond donors (Lipinski definition) is 1. The molecule has 2 amide bonds. The molecule has 2 aliphatic rings. The van der Waals surface area contributed by atoms with Crippen LogP contribution in [-0.4, -0.2) is 75.1 Å². The number of carbonyl (C=O) groups is 2. The van der Waals surface area contributed by atoms with Crippen molar-refractivity contribution in [2.24, 2.45) is 5.92 Å². The van der Waals surface area contributed by atoms with Gasteiger partial charge in [0, 0.05) is 31.0 Å². The van der Waals surface area contributed by atoms with Gasteiger partial charge in [0.2, 0.25) is 5.91 Å². The van der Waals surface area contributed by atoms with Gasteiger partial charge >= 0.3 is 0 Å². The molecule has 0 radical (unpaired) electrons. The second kappa shape index (κ2) is 9.47. The van der Waals surface area contributed by atoms with Crippen LogP contribution in [0, 0.1) is 12.8 Å². The number of piperidine rings is 1. The molecule has 1 aromatic rings. The normalized spacial score (nSPS) is 21.0. The van der Waals surface area contributed by atoms with E-state index in [1.165, 1.54) is 6.07 Å². The Bertz CT molecular complexity index is 892. The van der Waals surface area contributed by atoms with E-state index in [9.17, 15) is 18.0 Å². The van der Waals surface area contributed by atoms with E-state index in [0.717, 1.165) is 57.1 Å². The number of nitrogens with zero attached hydrogens (tertiary/aromatic N) is 2. The van der Waals surface area contributed by atoms with Crippen LogP contribution in [0.1, 0.15) is 48.5 Å². The highest BCUT2D eigenvalue weighted by Gasteiger charge is 2.28. The lowest BCUT2D eigenvalue weighted by Crippen LogP contribution is -2.45. The summed E-state index contributed by atoms with van der Waals surface area (Å²) in [6.45, 7) is 7.54. The largest absolute Gasteiger partial charge is 0.352 e. The molecule has 2 heterocycles. The van der Waals surface area contributed by atoms with Crippen molar-refractivity contribution in [2.45, 2.75) is 50.5 Å². The second-order valence-electron chi connectivity index (χ2n) is 8.81. The monoisotopic (exact) mass is 435 g/mol. The van der Waals surface area contributed by atoms with Gasteiger partial charge in [-0.15, -0.1) is 0 Å². The van der Waals surface area contributed by atoms with Crippen LogP contribution < -0.4 is 5.32 Å². The molecular weight excluding hydrogens is 402 g/mol. The first kappa shape index (κ1) is 22.7. The molecule has 30 heavy (non-hydrogen) atoms. The fraction of sp³-hybridized carbons (Fsp3) is 0.636. The highest BCUT2D eigenvalue weighted by Crippen LogP contribution is 2.20. The summed E-state index contributed by atoms with van der Waals surface area (Å²) in [6, 6.07) is 5.07. The van der Waals surface area contributed by atoms with E-state index in [-0.39, 0.29) is 16.7 Å². The molecule has 1 atom stereocenters. The Morgan fingerprint density at radius 1 is 1.10 bits per heavy atom. The second-order valence-corrected chi connectivity index (χ2v) is 10.8. The summed E-state index contributed by atoms with van der Waals surface area (Å²) in [6.07, 6.45) is 5.21. The third-order valence-electron chi connectivity index (χ3n) is 6.23. The molecule has 0 unspecified atom stereocenters. The van der Waals surface area contributed by atoms with Crippen molar-refractivity contribution in [2.75, 3.05) is 39.0 Å². The average Bonchev–Trinajstić information content (AvgIpc) is 3.12. The summed E-state index contributed by atoms with van der Waals surface area (Å²) >= 11 is 0. The van der Waals surface area contributed by atoms with Crippen LogP contribution in [0.2, 0.25) is 0 Å². The van der Waals surface area contributed by atoms with Gasteiger partial charge in [-0.05, 0) is 82.3 Å². The topological polar surface area (TPSA) is 86.8 Å². The van der Waals surface area contributed by atoms with Gasteiger partial charge in [-0.1, -0.05) is 0 Å². The summed E-state index contributed by atoms with van der Waals surface area (Å²) in [5, 5.41) is 2.95. The number of amides is 2. The fourth-order valence-corrected chi connectivity index (χ4v) is 5.11. The van der Waals surface area contributed by atoms with Gasteiger partial charge in [0.25, 0.3) is 5.91 Å². The molecule has 1 N–H and O–H groups in total. The number of aryl methyl sites for hydroxylation is 1. The summed E-state index contributed by atoms with van der Waals surface area (Å²) in [5.41, 5.74) is 1.12. The maximum Gasteiger partial charge on any atom is 0.251 e. The van der Waals surface area contributed by atoms with Crippen LogP contribution in [0.15, 0.2) is 23.1 Å². The van der Waals surface area contributed by atoms with Crippen molar-refractivity contribution in [3.05, 3.63) is 29.3 Å². The minimum atomic E-state index is -3.36. The Hall–Kier alpha value is -1.93. The predicted octanol–water partition coefficient (Wildman–Crippen LogP) is 1.85. The van der Waals surface area contributed by atoms with Crippen molar-refractivity contribution >= 4 is 21.7 Å². The van der Waals surface area contributed by atoms with Crippen LogP contribution in [0.4, 0.5) is 0 Å². The zero-order valence-electron chi connectivity index (χ0n) is 18.2. The van der Waals surface area contributed by atoms with Crippen molar-refractivity contribution in [1.29, 1.82) is 0 Å². The molecule has 2 saturated heterocycles. The quantitative estimate of drug-likeness (QED) is 0.737. The van der Waals surface area contributed by atoms with Gasteiger partial charge in [0.1, 0.15) is 0 Å². The summed E-state index contributed by atoms with van der Waals surface area (Å²) in [4.78, 5) is 29.4. The molecule has 2 aliphatic heterocycles. The van der Waals surface area contributed by atoms with E-state index in [1.807, 2.05) is 4.90 Å². The summed E-state index contributed by atoms with van der Waals surface area (Å²) in [7, 11) is -3.36. The smallest absolute Gasteiger partial charge is 0.251 e. The molecule has 0 spiro atoms. The molecule has 0 bridgehead atoms. The number of benzene rings is 1. The van der Waals surface area contributed by atoms with Gasteiger partial charge in [-0.2, -0.15) is 0 Å². The van der Waals surface area contributed by atoms with Crippen LogP contribution in [-0.2, 0) is 14.6 Å². The molecule has 0 aromatic heterocycles. The Kier molecular flexibility index (Phi) is 7.18. The Morgan fingerprint density at radius 2 is 1.80 bits per heavy atom. The minimum Gasteiger partial charge on any atom is -0.352 e. The SMILES string of the molecule is Cc1cc(C(=O)NCC2CCN(CC(=O)N3CCC[C@@H]3C)CC2)cc(S(C)(=O)=O)c1. The molecule has 7 nitrogen and oxygen atoms in total. The lowest BCUT2D eigenvalue weighted by atomic mass is 9.96. The Morgan fingerprint density at radius 3 is 2.40 bits per heavy atom. The Labute approximate surface area is 179 Å². The van der Waals surface area contributed by atoms with Gasteiger partial charge < -0.3 is 10.2 Å². The number of nitrogens with one attached hydrogen (secondary N) is 1. The Balaban J connectivity index is 1.46. The van der Waals surface area contributed by atoms with E-state index in [4.69, 9.17) is 0 Å². The van der Waals surface area contributed by atoms with Crippen LogP contribution in [0.25, 0.3) is 0 Å². The van der Waals surface area contributed by atoms with E-state index in [0.29, 0.717) is 30.6 Å². The number of rotatable bonds is 6. The van der Waals surface area contributed by atoms with Gasteiger partial charge in [-0.25, -0.2) is 8.42 Å². The lowest BCUT2D eigenvalue weighted by Gasteiger charge is -2.33. The lowest BCUT2D eigenvalue weighted by molar-refractivity contribution is -0.133. The molecule has 1 aromatic carbocycles. The highest BCUT2D eigenvalue weighted by atomic mass is 32.2. The first-order valence-electron chi connectivity index (χ1n) is 10.8. The molecule has 0 saturated carbocycles. The fourth-order valence-electron chi connectivity index (χ4n) is 4.37. The van der Waals surface area contributed by atoms with Crippen molar-refractivity contribution in [3.8, 4) is 0 Å². The zero-order valence-corrected chi connectivity index (χ0v) is 19.0. The van der Waals surface area contributed by atoms with E-state index in [1.54, 1.807) is 19.1 Å². The number of carbonyl (C=O) groups excluding carboxylic acids is 2. The number of hydrogen-bond acceptors (Lipinski definition) is 5. The van der Waals surface area contributed by atoms with Gasteiger partial charge in [0.05, 0.1) is 11.4 Å². The molecule has 3 rings (SSSR count). The standard InChI is InChI=1S/C22H33N3O4S/c1-16-11-19(13-20(12-16)30(3,28)29)22(27)23-14-18-6-9-24(10-7-18)15-21(26)25-8-4-5-17(25)2/h11-13,17-18H,4-10,14-15H2,1-3H3,(H,23,27)/t17-/m0/s1. The minimum absolute atomic E-state index is 0.165. The first-order chi connectivity index (χ1) is 14.1. The van der Waals surface area contributed by atoms with E-state index < -0.39 is 9.84 Å². The van der Waals surface area contributed by atoms with Crippen LogP contribution >= 0.6 is 0 Å². The maximum atomic E-state index is 12.5. The molecule has 0 aliphatic carbocycles. The maximum absolute atomic E-state index is 12.5. The molecular formula is C22H33N3O4S. The van der Waals surface area contributed by atoms with Gasteiger partial charge in [0.15, 0.2) is 9.84 Å². The average molecular weight is 436 g/mol.